The normalized spacial score (nSPS) is 11.4. The molecular weight excluding hydrogens is 436 g/mol. The van der Waals surface area contributed by atoms with Crippen molar-refractivity contribution in [1.82, 2.24) is 4.98 Å². The first kappa shape index (κ1) is 22.6. The van der Waals surface area contributed by atoms with E-state index < -0.39 is 9.84 Å². The predicted molar refractivity (Wildman–Crippen MR) is 130 cm³/mol. The van der Waals surface area contributed by atoms with Crippen LogP contribution in [0.3, 0.4) is 0 Å². The summed E-state index contributed by atoms with van der Waals surface area (Å²) >= 11 is 0. The number of rotatable bonds is 8. The Bertz CT molecular complexity index is 1370. The Labute approximate surface area is 194 Å². The van der Waals surface area contributed by atoms with E-state index in [0.717, 1.165) is 16.9 Å². The van der Waals surface area contributed by atoms with Crippen molar-refractivity contribution >= 4 is 26.4 Å². The van der Waals surface area contributed by atoms with Gasteiger partial charge in [0.1, 0.15) is 16.4 Å². The van der Waals surface area contributed by atoms with Gasteiger partial charge in [-0.3, -0.25) is 4.98 Å². The van der Waals surface area contributed by atoms with Gasteiger partial charge in [0.2, 0.25) is 9.84 Å². The minimum absolute atomic E-state index is 0.126. The highest BCUT2D eigenvalue weighted by atomic mass is 32.2. The summed E-state index contributed by atoms with van der Waals surface area (Å²) in [6.45, 7) is 4.77. The smallest absolute Gasteiger partial charge is 0.210 e. The molecule has 33 heavy (non-hydrogen) atoms. The Morgan fingerprint density at radius 3 is 2.30 bits per heavy atom. The van der Waals surface area contributed by atoms with E-state index in [4.69, 9.17) is 9.47 Å². The molecule has 7 heteroatoms. The fourth-order valence-corrected chi connectivity index (χ4v) is 4.96. The molecule has 4 rings (SSSR count). The predicted octanol–water partition coefficient (Wildman–Crippen LogP) is 5.40. The number of nitrogens with zero attached hydrogens (tertiary/aromatic N) is 1. The lowest BCUT2D eigenvalue weighted by atomic mass is 10.1. The highest BCUT2D eigenvalue weighted by molar-refractivity contribution is 7.91. The van der Waals surface area contributed by atoms with Crippen LogP contribution in [0.1, 0.15) is 18.1 Å². The first-order chi connectivity index (χ1) is 15.9. The van der Waals surface area contributed by atoms with Crippen LogP contribution in [0.25, 0.3) is 10.9 Å². The van der Waals surface area contributed by atoms with Crippen molar-refractivity contribution < 1.29 is 17.9 Å². The van der Waals surface area contributed by atoms with E-state index in [1.54, 1.807) is 31.4 Å². The first-order valence-electron chi connectivity index (χ1n) is 10.7. The zero-order chi connectivity index (χ0) is 23.4. The number of fused-ring (bicyclic) bond motifs is 1. The van der Waals surface area contributed by atoms with Crippen molar-refractivity contribution in [3.8, 4) is 11.5 Å². The maximum absolute atomic E-state index is 13.6. The molecule has 1 aromatic heterocycles. The lowest BCUT2D eigenvalue weighted by Crippen LogP contribution is -2.10. The molecule has 6 nitrogen and oxygen atoms in total. The number of hydrogen-bond donors (Lipinski definition) is 1. The van der Waals surface area contributed by atoms with E-state index in [-0.39, 0.29) is 9.79 Å². The average Bonchev–Trinajstić information content (AvgIpc) is 2.83. The molecule has 1 N–H and O–H groups in total. The molecule has 0 spiro atoms. The van der Waals surface area contributed by atoms with Gasteiger partial charge in [0, 0.05) is 18.1 Å². The number of ether oxygens (including phenoxy) is 2. The highest BCUT2D eigenvalue weighted by Crippen LogP contribution is 2.35. The summed E-state index contributed by atoms with van der Waals surface area (Å²) in [6, 6.07) is 20.0. The Morgan fingerprint density at radius 2 is 1.64 bits per heavy atom. The average molecular weight is 463 g/mol. The topological polar surface area (TPSA) is 77.5 Å². The van der Waals surface area contributed by atoms with Gasteiger partial charge in [-0.15, -0.1) is 0 Å². The fraction of sp³-hybridized carbons (Fsp3) is 0.192. The Hall–Kier alpha value is -3.58. The summed E-state index contributed by atoms with van der Waals surface area (Å²) in [6.07, 6.45) is 1.42. The highest BCUT2D eigenvalue weighted by Gasteiger charge is 2.24. The number of methoxy groups -OCH3 is 1. The summed E-state index contributed by atoms with van der Waals surface area (Å²) in [5.41, 5.74) is 3.15. The van der Waals surface area contributed by atoms with Crippen LogP contribution in [0.2, 0.25) is 0 Å². The molecule has 0 saturated carbocycles. The second kappa shape index (κ2) is 9.50. The number of sulfone groups is 1. The van der Waals surface area contributed by atoms with Crippen LogP contribution in [0.15, 0.2) is 82.7 Å². The molecule has 0 aliphatic rings. The fourth-order valence-electron chi connectivity index (χ4n) is 3.57. The molecule has 4 aromatic rings. The number of hydrogen-bond acceptors (Lipinski definition) is 6. The number of aryl methyl sites for hydroxylation is 1. The monoisotopic (exact) mass is 462 g/mol. The van der Waals surface area contributed by atoms with Crippen molar-refractivity contribution in [2.24, 2.45) is 0 Å². The molecule has 0 fully saturated rings. The molecule has 0 saturated heterocycles. The Balaban J connectivity index is 1.83. The van der Waals surface area contributed by atoms with Crippen LogP contribution in [0.5, 0.6) is 11.5 Å². The zero-order valence-corrected chi connectivity index (χ0v) is 19.6. The summed E-state index contributed by atoms with van der Waals surface area (Å²) in [5, 5.41) is 4.03. The lowest BCUT2D eigenvalue weighted by Gasteiger charge is -2.16. The van der Waals surface area contributed by atoms with Gasteiger partial charge in [0.05, 0.1) is 29.8 Å². The van der Waals surface area contributed by atoms with Gasteiger partial charge in [-0.1, -0.05) is 29.8 Å². The third kappa shape index (κ3) is 4.78. The van der Waals surface area contributed by atoms with Crippen molar-refractivity contribution in [2.75, 3.05) is 19.0 Å². The standard InChI is InChI=1S/C26H26N2O4S/c1-4-32-21-11-14-24-23(15-21)26(28-16-19-7-9-20(31-3)10-8-19)25(17-27-24)33(29,30)22-12-5-18(2)6-13-22/h5-15,17H,4,16H2,1-3H3,(H,27,28). The van der Waals surface area contributed by atoms with Gasteiger partial charge in [-0.25, -0.2) is 8.42 Å². The molecule has 1 heterocycles. The molecule has 0 aliphatic carbocycles. The van der Waals surface area contributed by atoms with Gasteiger partial charge >= 0.3 is 0 Å². The quantitative estimate of drug-likeness (QED) is 0.378. The summed E-state index contributed by atoms with van der Waals surface area (Å²) in [4.78, 5) is 4.79. The van der Waals surface area contributed by atoms with E-state index in [9.17, 15) is 8.42 Å². The number of pyridine rings is 1. The molecule has 0 amide bonds. The number of aromatic nitrogens is 1. The second-order valence-corrected chi connectivity index (χ2v) is 9.55. The summed E-state index contributed by atoms with van der Waals surface area (Å²) < 4.78 is 38.1. The van der Waals surface area contributed by atoms with Crippen LogP contribution >= 0.6 is 0 Å². The zero-order valence-electron chi connectivity index (χ0n) is 18.8. The van der Waals surface area contributed by atoms with E-state index in [2.05, 4.69) is 10.3 Å². The Kier molecular flexibility index (Phi) is 6.51. The number of nitrogens with one attached hydrogen (secondary N) is 1. The molecule has 0 bridgehead atoms. The van der Waals surface area contributed by atoms with Gasteiger partial charge in [-0.05, 0) is 61.9 Å². The first-order valence-corrected chi connectivity index (χ1v) is 12.1. The molecule has 170 valence electrons. The van der Waals surface area contributed by atoms with E-state index in [1.165, 1.54) is 6.20 Å². The molecule has 0 radical (unpaired) electrons. The molecule has 0 aliphatic heterocycles. The maximum atomic E-state index is 13.6. The van der Waals surface area contributed by atoms with Crippen LogP contribution in [-0.4, -0.2) is 27.1 Å². The number of benzene rings is 3. The van der Waals surface area contributed by atoms with Gasteiger partial charge in [0.15, 0.2) is 0 Å². The van der Waals surface area contributed by atoms with Gasteiger partial charge in [-0.2, -0.15) is 0 Å². The SMILES string of the molecule is CCOc1ccc2ncc(S(=O)(=O)c3ccc(C)cc3)c(NCc3ccc(OC)cc3)c2c1. The molecule has 3 aromatic carbocycles. The largest absolute Gasteiger partial charge is 0.497 e. The molecular formula is C26H26N2O4S. The molecule has 0 unspecified atom stereocenters. The number of anilines is 1. The van der Waals surface area contributed by atoms with Crippen LogP contribution in [-0.2, 0) is 16.4 Å². The van der Waals surface area contributed by atoms with E-state index in [0.29, 0.717) is 35.5 Å². The summed E-state index contributed by atoms with van der Waals surface area (Å²) in [5.74, 6) is 1.42. The maximum Gasteiger partial charge on any atom is 0.210 e. The van der Waals surface area contributed by atoms with Crippen molar-refractivity contribution in [3.05, 3.63) is 84.1 Å². The second-order valence-electron chi connectivity index (χ2n) is 7.63. The Morgan fingerprint density at radius 1 is 0.939 bits per heavy atom. The van der Waals surface area contributed by atoms with Crippen LogP contribution in [0.4, 0.5) is 5.69 Å². The minimum Gasteiger partial charge on any atom is -0.497 e. The van der Waals surface area contributed by atoms with Crippen molar-refractivity contribution in [2.45, 2.75) is 30.2 Å². The van der Waals surface area contributed by atoms with Crippen LogP contribution in [0, 0.1) is 6.92 Å². The summed E-state index contributed by atoms with van der Waals surface area (Å²) in [7, 11) is -2.18. The van der Waals surface area contributed by atoms with Crippen molar-refractivity contribution in [3.63, 3.8) is 0 Å². The van der Waals surface area contributed by atoms with Crippen LogP contribution < -0.4 is 14.8 Å². The third-order valence-corrected chi connectivity index (χ3v) is 7.15. The third-order valence-electron chi connectivity index (χ3n) is 5.36. The van der Waals surface area contributed by atoms with E-state index >= 15 is 0 Å². The van der Waals surface area contributed by atoms with Crippen molar-refractivity contribution in [1.29, 1.82) is 0 Å². The lowest BCUT2D eigenvalue weighted by molar-refractivity contribution is 0.340. The minimum atomic E-state index is -3.80. The van der Waals surface area contributed by atoms with Gasteiger partial charge in [0.25, 0.3) is 0 Å². The van der Waals surface area contributed by atoms with E-state index in [1.807, 2.05) is 56.3 Å². The van der Waals surface area contributed by atoms with Gasteiger partial charge < -0.3 is 14.8 Å². The molecule has 0 atom stereocenters.